The highest BCUT2D eigenvalue weighted by Gasteiger charge is 2.06. The van der Waals surface area contributed by atoms with Crippen LogP contribution in [0.25, 0.3) is 0 Å². The van der Waals surface area contributed by atoms with Crippen molar-refractivity contribution in [3.05, 3.63) is 66.0 Å². The van der Waals surface area contributed by atoms with Gasteiger partial charge in [0.15, 0.2) is 0 Å². The Morgan fingerprint density at radius 1 is 0.950 bits per heavy atom. The molecule has 0 amide bonds. The van der Waals surface area contributed by atoms with E-state index < -0.39 is 0 Å². The molecule has 2 nitrogen and oxygen atoms in total. The van der Waals surface area contributed by atoms with Gasteiger partial charge in [-0.1, -0.05) is 36.4 Å². The fourth-order valence-corrected chi connectivity index (χ4v) is 2.29. The Kier molecular flexibility index (Phi) is 8.28. The molecule has 0 aliphatic carbocycles. The third-order valence-corrected chi connectivity index (χ3v) is 3.23. The number of alkyl halides is 1. The fourth-order valence-electron chi connectivity index (χ4n) is 2.05. The molecule has 4 heteroatoms. The van der Waals surface area contributed by atoms with Crippen LogP contribution in [0.1, 0.15) is 11.3 Å². The molecule has 0 aliphatic rings. The van der Waals surface area contributed by atoms with Gasteiger partial charge in [0, 0.05) is 43.8 Å². The highest BCUT2D eigenvalue weighted by molar-refractivity contribution is 6.18. The van der Waals surface area contributed by atoms with E-state index in [4.69, 9.17) is 11.6 Å². The van der Waals surface area contributed by atoms with E-state index in [-0.39, 0.29) is 12.4 Å². The van der Waals surface area contributed by atoms with Gasteiger partial charge in [-0.3, -0.25) is 9.88 Å². The molecule has 0 unspecified atom stereocenters. The number of benzene rings is 1. The Labute approximate surface area is 132 Å². The first-order chi connectivity index (χ1) is 9.38. The first-order valence-corrected chi connectivity index (χ1v) is 7.14. The van der Waals surface area contributed by atoms with E-state index in [1.807, 2.05) is 24.4 Å². The summed E-state index contributed by atoms with van der Waals surface area (Å²) in [6.45, 7) is 2.84. The van der Waals surface area contributed by atoms with E-state index >= 15 is 0 Å². The summed E-state index contributed by atoms with van der Waals surface area (Å²) in [4.78, 5) is 6.73. The summed E-state index contributed by atoms with van der Waals surface area (Å²) < 4.78 is 0. The molecule has 0 saturated heterocycles. The third-order valence-electron chi connectivity index (χ3n) is 3.06. The lowest BCUT2D eigenvalue weighted by molar-refractivity contribution is 0.284. The minimum Gasteiger partial charge on any atom is -0.298 e. The second kappa shape index (κ2) is 9.76. The molecule has 1 aromatic heterocycles. The van der Waals surface area contributed by atoms with Crippen LogP contribution >= 0.6 is 24.0 Å². The SMILES string of the molecule is Cl.ClCCN(CCc1ccccn1)Cc1ccccc1. The molecule has 108 valence electrons. The summed E-state index contributed by atoms with van der Waals surface area (Å²) >= 11 is 5.89. The lowest BCUT2D eigenvalue weighted by Gasteiger charge is -2.21. The number of halogens is 2. The van der Waals surface area contributed by atoms with Gasteiger partial charge in [-0.15, -0.1) is 24.0 Å². The molecule has 1 heterocycles. The zero-order valence-corrected chi connectivity index (χ0v) is 13.0. The van der Waals surface area contributed by atoms with Gasteiger partial charge < -0.3 is 0 Å². The van der Waals surface area contributed by atoms with Gasteiger partial charge in [0.25, 0.3) is 0 Å². The summed E-state index contributed by atoms with van der Waals surface area (Å²) in [5.41, 5.74) is 2.46. The molecule has 2 aromatic rings. The third kappa shape index (κ3) is 5.91. The molecule has 0 radical (unpaired) electrons. The van der Waals surface area contributed by atoms with Crippen LogP contribution in [-0.2, 0) is 13.0 Å². The number of pyridine rings is 1. The number of aromatic nitrogens is 1. The van der Waals surface area contributed by atoms with Crippen LogP contribution < -0.4 is 0 Å². The minimum absolute atomic E-state index is 0. The summed E-state index contributed by atoms with van der Waals surface area (Å²) in [6.07, 6.45) is 2.81. The minimum atomic E-state index is 0. The van der Waals surface area contributed by atoms with Crippen molar-refractivity contribution in [1.82, 2.24) is 9.88 Å². The van der Waals surface area contributed by atoms with E-state index in [1.54, 1.807) is 0 Å². The Bertz CT molecular complexity index is 462. The van der Waals surface area contributed by atoms with Crippen LogP contribution in [-0.4, -0.2) is 28.9 Å². The van der Waals surface area contributed by atoms with Crippen LogP contribution in [0.2, 0.25) is 0 Å². The van der Waals surface area contributed by atoms with Gasteiger partial charge in [0.1, 0.15) is 0 Å². The Balaban J connectivity index is 0.00000200. The predicted molar refractivity (Wildman–Crippen MR) is 87.6 cm³/mol. The molecule has 0 spiro atoms. The van der Waals surface area contributed by atoms with Gasteiger partial charge in [-0.05, 0) is 17.7 Å². The fraction of sp³-hybridized carbons (Fsp3) is 0.312. The topological polar surface area (TPSA) is 16.1 Å². The molecule has 20 heavy (non-hydrogen) atoms. The average molecular weight is 311 g/mol. The average Bonchev–Trinajstić information content (AvgIpc) is 2.47. The maximum Gasteiger partial charge on any atom is 0.0416 e. The smallest absolute Gasteiger partial charge is 0.0416 e. The van der Waals surface area contributed by atoms with E-state index in [0.717, 1.165) is 31.7 Å². The summed E-state index contributed by atoms with van der Waals surface area (Å²) in [5.74, 6) is 0.662. The van der Waals surface area contributed by atoms with Crippen molar-refractivity contribution in [2.75, 3.05) is 19.0 Å². The van der Waals surface area contributed by atoms with E-state index in [2.05, 4.69) is 40.2 Å². The lowest BCUT2D eigenvalue weighted by Crippen LogP contribution is -2.27. The van der Waals surface area contributed by atoms with Gasteiger partial charge in [-0.2, -0.15) is 0 Å². The predicted octanol–water partition coefficient (Wildman–Crippen LogP) is 3.79. The van der Waals surface area contributed by atoms with E-state index in [9.17, 15) is 0 Å². The Morgan fingerprint density at radius 2 is 1.70 bits per heavy atom. The number of hydrogen-bond donors (Lipinski definition) is 0. The molecular formula is C16H20Cl2N2. The zero-order valence-electron chi connectivity index (χ0n) is 11.4. The highest BCUT2D eigenvalue weighted by Crippen LogP contribution is 2.06. The lowest BCUT2D eigenvalue weighted by atomic mass is 10.2. The van der Waals surface area contributed by atoms with Crippen molar-refractivity contribution in [1.29, 1.82) is 0 Å². The number of rotatable bonds is 7. The number of nitrogens with zero attached hydrogens (tertiary/aromatic N) is 2. The molecule has 1 aromatic carbocycles. The maximum atomic E-state index is 5.89. The van der Waals surface area contributed by atoms with Gasteiger partial charge in [0.2, 0.25) is 0 Å². The maximum absolute atomic E-state index is 5.89. The van der Waals surface area contributed by atoms with E-state index in [0.29, 0.717) is 5.88 Å². The van der Waals surface area contributed by atoms with Gasteiger partial charge in [-0.25, -0.2) is 0 Å². The van der Waals surface area contributed by atoms with Crippen molar-refractivity contribution in [2.45, 2.75) is 13.0 Å². The van der Waals surface area contributed by atoms with E-state index in [1.165, 1.54) is 5.56 Å². The van der Waals surface area contributed by atoms with Crippen molar-refractivity contribution in [3.63, 3.8) is 0 Å². The quantitative estimate of drug-likeness (QED) is 0.723. The van der Waals surface area contributed by atoms with Gasteiger partial charge >= 0.3 is 0 Å². The standard InChI is InChI=1S/C16H19ClN2.ClH/c17-10-13-19(14-15-6-2-1-3-7-15)12-9-16-8-4-5-11-18-16;/h1-8,11H,9-10,12-14H2;1H. The zero-order chi connectivity index (χ0) is 13.3. The van der Waals surface area contributed by atoms with Crippen LogP contribution in [0.4, 0.5) is 0 Å². The molecule has 0 bridgehead atoms. The Morgan fingerprint density at radius 3 is 2.35 bits per heavy atom. The molecule has 0 aliphatic heterocycles. The summed E-state index contributed by atoms with van der Waals surface area (Å²) in [7, 11) is 0. The first-order valence-electron chi connectivity index (χ1n) is 6.60. The second-order valence-corrected chi connectivity index (χ2v) is 4.90. The Hall–Kier alpha value is -1.09. The molecule has 0 saturated carbocycles. The highest BCUT2D eigenvalue weighted by atomic mass is 35.5. The summed E-state index contributed by atoms with van der Waals surface area (Å²) in [5, 5.41) is 0. The second-order valence-electron chi connectivity index (χ2n) is 4.52. The molecule has 0 N–H and O–H groups in total. The molecule has 0 fully saturated rings. The van der Waals surface area contributed by atoms with Crippen LogP contribution in [0, 0.1) is 0 Å². The van der Waals surface area contributed by atoms with Crippen molar-refractivity contribution < 1.29 is 0 Å². The summed E-state index contributed by atoms with van der Waals surface area (Å²) in [6, 6.07) is 16.6. The first kappa shape index (κ1) is 17.0. The molecular weight excluding hydrogens is 291 g/mol. The van der Waals surface area contributed by atoms with Crippen molar-refractivity contribution >= 4 is 24.0 Å². The van der Waals surface area contributed by atoms with Crippen LogP contribution in [0.15, 0.2) is 54.7 Å². The van der Waals surface area contributed by atoms with Crippen LogP contribution in [0.5, 0.6) is 0 Å². The monoisotopic (exact) mass is 310 g/mol. The number of hydrogen-bond acceptors (Lipinski definition) is 2. The van der Waals surface area contributed by atoms with Crippen LogP contribution in [0.3, 0.4) is 0 Å². The molecule has 2 rings (SSSR count). The van der Waals surface area contributed by atoms with Gasteiger partial charge in [0.05, 0.1) is 0 Å². The normalized spacial score (nSPS) is 10.3. The molecule has 0 atom stereocenters. The van der Waals surface area contributed by atoms with Crippen molar-refractivity contribution in [2.24, 2.45) is 0 Å². The van der Waals surface area contributed by atoms with Crippen molar-refractivity contribution in [3.8, 4) is 0 Å². The largest absolute Gasteiger partial charge is 0.298 e.